The van der Waals surface area contributed by atoms with E-state index in [9.17, 15) is 4.79 Å². The second-order valence-electron chi connectivity index (χ2n) is 3.27. The Balaban J connectivity index is 2.18. The Bertz CT molecular complexity index is 585. The molecule has 17 heavy (non-hydrogen) atoms. The number of halogens is 1. The van der Waals surface area contributed by atoms with Crippen molar-refractivity contribution in [2.24, 2.45) is 0 Å². The van der Waals surface area contributed by atoms with Gasteiger partial charge < -0.3 is 9.73 Å². The lowest BCUT2D eigenvalue weighted by Gasteiger charge is -2.04. The Labute approximate surface area is 102 Å². The van der Waals surface area contributed by atoms with Crippen LogP contribution in [0.25, 0.3) is 0 Å². The Kier molecular flexibility index (Phi) is 3.12. The van der Waals surface area contributed by atoms with Crippen molar-refractivity contribution in [2.75, 3.05) is 5.32 Å². The highest BCUT2D eigenvalue weighted by atomic mass is 35.5. The minimum atomic E-state index is -0.292. The number of furan rings is 1. The molecule has 0 saturated carbocycles. The van der Waals surface area contributed by atoms with Crippen LogP contribution in [-0.4, -0.2) is 5.91 Å². The van der Waals surface area contributed by atoms with Crippen LogP contribution in [0, 0.1) is 11.3 Å². The molecule has 1 aromatic carbocycles. The van der Waals surface area contributed by atoms with Crippen molar-refractivity contribution in [2.45, 2.75) is 0 Å². The van der Waals surface area contributed by atoms with Gasteiger partial charge in [0.15, 0.2) is 0 Å². The Morgan fingerprint density at radius 1 is 1.41 bits per heavy atom. The van der Waals surface area contributed by atoms with Gasteiger partial charge in [-0.2, -0.15) is 5.26 Å². The number of nitrogens with zero attached hydrogens (tertiary/aromatic N) is 1. The summed E-state index contributed by atoms with van der Waals surface area (Å²) in [5.41, 5.74) is 1.32. The quantitative estimate of drug-likeness (QED) is 0.886. The topological polar surface area (TPSA) is 66.0 Å². The van der Waals surface area contributed by atoms with Crippen molar-refractivity contribution in [3.8, 4) is 6.07 Å². The third-order valence-corrected chi connectivity index (χ3v) is 2.44. The number of nitrogens with one attached hydrogen (secondary N) is 1. The predicted octanol–water partition coefficient (Wildman–Crippen LogP) is 3.06. The van der Waals surface area contributed by atoms with E-state index in [-0.39, 0.29) is 5.91 Å². The van der Waals surface area contributed by atoms with Gasteiger partial charge in [0.25, 0.3) is 5.91 Å². The first-order valence-electron chi connectivity index (χ1n) is 4.74. The zero-order valence-electron chi connectivity index (χ0n) is 8.61. The van der Waals surface area contributed by atoms with E-state index in [4.69, 9.17) is 21.3 Å². The lowest BCUT2D eigenvalue weighted by Crippen LogP contribution is -2.10. The molecule has 0 aliphatic heterocycles. The Hall–Kier alpha value is -2.25. The third-order valence-electron chi connectivity index (χ3n) is 2.13. The molecule has 0 spiro atoms. The van der Waals surface area contributed by atoms with Gasteiger partial charge in [-0.05, 0) is 24.3 Å². The molecule has 1 N–H and O–H groups in total. The molecule has 1 amide bonds. The van der Waals surface area contributed by atoms with Gasteiger partial charge in [0.1, 0.15) is 12.3 Å². The number of rotatable bonds is 2. The fraction of sp³-hybridized carbons (Fsp3) is 0. The molecule has 84 valence electrons. The fourth-order valence-electron chi connectivity index (χ4n) is 1.28. The molecule has 1 heterocycles. The maximum absolute atomic E-state index is 11.7. The van der Waals surface area contributed by atoms with Gasteiger partial charge in [-0.3, -0.25) is 4.79 Å². The van der Waals surface area contributed by atoms with Crippen molar-refractivity contribution < 1.29 is 9.21 Å². The smallest absolute Gasteiger partial charge is 0.258 e. The van der Waals surface area contributed by atoms with Gasteiger partial charge in [0, 0.05) is 5.69 Å². The number of amides is 1. The lowest BCUT2D eigenvalue weighted by molar-refractivity contribution is 0.102. The average molecular weight is 247 g/mol. The number of anilines is 1. The van der Waals surface area contributed by atoms with Crippen LogP contribution < -0.4 is 5.32 Å². The Morgan fingerprint density at radius 2 is 2.24 bits per heavy atom. The SMILES string of the molecule is N#Cc1ccc(NC(=O)c2ccoc2)cc1Cl. The van der Waals surface area contributed by atoms with E-state index >= 15 is 0 Å². The van der Waals surface area contributed by atoms with Crippen LogP contribution in [0.1, 0.15) is 15.9 Å². The van der Waals surface area contributed by atoms with E-state index in [2.05, 4.69) is 5.32 Å². The summed E-state index contributed by atoms with van der Waals surface area (Å²) in [6.45, 7) is 0. The Morgan fingerprint density at radius 3 is 2.82 bits per heavy atom. The number of nitriles is 1. The van der Waals surface area contributed by atoms with Crippen LogP contribution in [0.15, 0.2) is 41.2 Å². The maximum atomic E-state index is 11.7. The van der Waals surface area contributed by atoms with Crippen LogP contribution in [0.4, 0.5) is 5.69 Å². The molecule has 0 saturated heterocycles. The van der Waals surface area contributed by atoms with Crippen molar-refractivity contribution in [1.29, 1.82) is 5.26 Å². The minimum Gasteiger partial charge on any atom is -0.472 e. The summed E-state index contributed by atoms with van der Waals surface area (Å²) in [5.74, 6) is -0.292. The summed E-state index contributed by atoms with van der Waals surface area (Å²) in [7, 11) is 0. The molecule has 0 unspecified atom stereocenters. The van der Waals surface area contributed by atoms with Crippen LogP contribution in [-0.2, 0) is 0 Å². The molecule has 0 fully saturated rings. The summed E-state index contributed by atoms with van der Waals surface area (Å²) in [4.78, 5) is 11.7. The zero-order valence-corrected chi connectivity index (χ0v) is 9.36. The normalized spacial score (nSPS) is 9.65. The third kappa shape index (κ3) is 2.47. The summed E-state index contributed by atoms with van der Waals surface area (Å²) < 4.78 is 4.80. The van der Waals surface area contributed by atoms with E-state index in [1.54, 1.807) is 18.2 Å². The molecular weight excluding hydrogens is 240 g/mol. The van der Waals surface area contributed by atoms with Crippen LogP contribution >= 0.6 is 11.6 Å². The summed E-state index contributed by atoms with van der Waals surface area (Å²) in [6.07, 6.45) is 2.77. The number of hydrogen-bond acceptors (Lipinski definition) is 3. The number of benzene rings is 1. The molecule has 0 aliphatic carbocycles. The van der Waals surface area contributed by atoms with Gasteiger partial charge >= 0.3 is 0 Å². The molecule has 0 aliphatic rings. The van der Waals surface area contributed by atoms with E-state index in [0.717, 1.165) is 0 Å². The zero-order chi connectivity index (χ0) is 12.3. The average Bonchev–Trinajstić information content (AvgIpc) is 2.82. The van der Waals surface area contributed by atoms with E-state index in [1.807, 2.05) is 6.07 Å². The summed E-state index contributed by atoms with van der Waals surface area (Å²) in [6, 6.07) is 8.19. The molecule has 5 heteroatoms. The highest BCUT2D eigenvalue weighted by molar-refractivity contribution is 6.32. The molecule has 0 bridgehead atoms. The monoisotopic (exact) mass is 246 g/mol. The first-order valence-corrected chi connectivity index (χ1v) is 5.11. The second-order valence-corrected chi connectivity index (χ2v) is 3.68. The van der Waals surface area contributed by atoms with E-state index in [0.29, 0.717) is 21.8 Å². The van der Waals surface area contributed by atoms with Crippen LogP contribution in [0.5, 0.6) is 0 Å². The largest absolute Gasteiger partial charge is 0.472 e. The van der Waals surface area contributed by atoms with E-state index < -0.39 is 0 Å². The van der Waals surface area contributed by atoms with Gasteiger partial charge in [-0.15, -0.1) is 0 Å². The molecule has 2 aromatic rings. The van der Waals surface area contributed by atoms with Crippen LogP contribution in [0.3, 0.4) is 0 Å². The standard InChI is InChI=1S/C12H7ClN2O2/c13-11-5-10(2-1-8(11)6-14)15-12(16)9-3-4-17-7-9/h1-5,7H,(H,15,16). The first kappa shape index (κ1) is 11.2. The fourth-order valence-corrected chi connectivity index (χ4v) is 1.50. The van der Waals surface area contributed by atoms with Crippen LogP contribution in [0.2, 0.25) is 5.02 Å². The van der Waals surface area contributed by atoms with Gasteiger partial charge in [0.05, 0.1) is 22.4 Å². The van der Waals surface area contributed by atoms with Crippen molar-refractivity contribution >= 4 is 23.2 Å². The number of hydrogen-bond donors (Lipinski definition) is 1. The van der Waals surface area contributed by atoms with Gasteiger partial charge in [0.2, 0.25) is 0 Å². The molecule has 4 nitrogen and oxygen atoms in total. The van der Waals surface area contributed by atoms with Crippen molar-refractivity contribution in [1.82, 2.24) is 0 Å². The van der Waals surface area contributed by atoms with Crippen molar-refractivity contribution in [3.05, 3.63) is 52.9 Å². The minimum absolute atomic E-state index is 0.292. The molecule has 0 radical (unpaired) electrons. The first-order chi connectivity index (χ1) is 8.20. The molecular formula is C12H7ClN2O2. The van der Waals surface area contributed by atoms with Crippen molar-refractivity contribution in [3.63, 3.8) is 0 Å². The predicted molar refractivity (Wildman–Crippen MR) is 62.8 cm³/mol. The number of carbonyl (C=O) groups excluding carboxylic acids is 1. The van der Waals surface area contributed by atoms with Gasteiger partial charge in [-0.25, -0.2) is 0 Å². The second kappa shape index (κ2) is 4.73. The molecule has 0 atom stereocenters. The summed E-state index contributed by atoms with van der Waals surface area (Å²) >= 11 is 5.85. The molecule has 1 aromatic heterocycles. The highest BCUT2D eigenvalue weighted by Crippen LogP contribution is 2.20. The van der Waals surface area contributed by atoms with E-state index in [1.165, 1.54) is 18.6 Å². The lowest BCUT2D eigenvalue weighted by atomic mass is 10.2. The maximum Gasteiger partial charge on any atom is 0.258 e. The summed E-state index contributed by atoms with van der Waals surface area (Å²) in [5, 5.41) is 11.7. The molecule has 2 rings (SSSR count). The highest BCUT2D eigenvalue weighted by Gasteiger charge is 2.08. The number of carbonyl (C=O) groups is 1. The van der Waals surface area contributed by atoms with Gasteiger partial charge in [-0.1, -0.05) is 11.6 Å².